The first-order valence-corrected chi connectivity index (χ1v) is 6.91. The van der Waals surface area contributed by atoms with Gasteiger partial charge in [-0.25, -0.2) is 0 Å². The van der Waals surface area contributed by atoms with Crippen LogP contribution in [-0.2, 0) is 0 Å². The number of hydrogen-bond acceptors (Lipinski definition) is 8. The number of non-ortho nitro benzene ring substituents is 1. The lowest BCUT2D eigenvalue weighted by atomic mass is 10.2. The maximum Gasteiger partial charge on any atom is 0.283 e. The molecular formula is C12H16N4O8. The summed E-state index contributed by atoms with van der Waals surface area (Å²) in [4.78, 5) is 27.5. The third-order valence-electron chi connectivity index (χ3n) is 3.74. The lowest BCUT2D eigenvalue weighted by molar-refractivity contribution is -0.798. The van der Waals surface area contributed by atoms with Gasteiger partial charge < -0.3 is 14.7 Å². The summed E-state index contributed by atoms with van der Waals surface area (Å²) in [5.74, 6) is -1.46. The van der Waals surface area contributed by atoms with Gasteiger partial charge in [-0.2, -0.15) is 0 Å². The average Bonchev–Trinajstić information content (AvgIpc) is 3.28. The highest BCUT2D eigenvalue weighted by atomic mass is 16.6. The Morgan fingerprint density at radius 3 is 1.71 bits per heavy atom. The second-order valence-electron chi connectivity index (χ2n) is 5.14. The Kier molecular flexibility index (Phi) is 6.08. The van der Waals surface area contributed by atoms with Gasteiger partial charge in [0.2, 0.25) is 0 Å². The molecule has 1 heterocycles. The number of hydrogen-bond donors (Lipinski definition) is 1. The Hall–Kier alpha value is -2.86. The highest BCUT2D eigenvalue weighted by molar-refractivity contribution is 5.63. The third kappa shape index (κ3) is 4.57. The molecule has 1 aliphatic heterocycles. The van der Waals surface area contributed by atoms with Crippen LogP contribution in [0.2, 0.25) is 0 Å². The molecule has 1 fully saturated rings. The van der Waals surface area contributed by atoms with Crippen LogP contribution in [-0.4, -0.2) is 57.1 Å². The van der Waals surface area contributed by atoms with Crippen molar-refractivity contribution < 1.29 is 29.5 Å². The average molecular weight is 344 g/mol. The Morgan fingerprint density at radius 2 is 1.50 bits per heavy atom. The van der Waals surface area contributed by atoms with Gasteiger partial charge in [-0.15, -0.1) is 0 Å². The molecule has 12 heteroatoms. The van der Waals surface area contributed by atoms with E-state index in [1.165, 1.54) is 19.6 Å². The Balaban J connectivity index is 0.000000300. The SMILES string of the molecule is CC[N+]1(CCO)CC1.O=[N+]([O-])c1cc([N+](=O)[O-])c([O-])c([N+](=O)[O-])c1. The molecule has 12 nitrogen and oxygen atoms in total. The van der Waals surface area contributed by atoms with Crippen LogP contribution in [0.5, 0.6) is 5.75 Å². The minimum absolute atomic E-state index is 0.355. The zero-order chi connectivity index (χ0) is 18.5. The van der Waals surface area contributed by atoms with E-state index in [0.717, 1.165) is 11.0 Å². The number of quaternary nitrogens is 1. The Bertz CT molecular complexity index is 623. The predicted octanol–water partition coefficient (Wildman–Crippen LogP) is 0.314. The molecule has 0 radical (unpaired) electrons. The van der Waals surface area contributed by atoms with Gasteiger partial charge in [-0.05, 0) is 6.92 Å². The normalized spacial score (nSPS) is 14.2. The number of rotatable bonds is 6. The van der Waals surface area contributed by atoms with E-state index in [1.54, 1.807) is 0 Å². The van der Waals surface area contributed by atoms with Crippen LogP contribution in [0.4, 0.5) is 17.1 Å². The molecule has 1 saturated heterocycles. The fourth-order valence-corrected chi connectivity index (χ4v) is 2.01. The van der Waals surface area contributed by atoms with Crippen molar-refractivity contribution in [1.29, 1.82) is 0 Å². The maximum atomic E-state index is 11.1. The van der Waals surface area contributed by atoms with E-state index in [9.17, 15) is 35.4 Å². The molecule has 0 saturated carbocycles. The van der Waals surface area contributed by atoms with E-state index < -0.39 is 37.6 Å². The second kappa shape index (κ2) is 7.61. The predicted molar refractivity (Wildman–Crippen MR) is 78.3 cm³/mol. The number of likely N-dealkylation sites (N-methyl/N-ethyl adjacent to an activating group) is 1. The van der Waals surface area contributed by atoms with Crippen LogP contribution in [0.1, 0.15) is 6.92 Å². The summed E-state index contributed by atoms with van der Waals surface area (Å²) in [6.45, 7) is 7.28. The first-order valence-electron chi connectivity index (χ1n) is 6.91. The molecule has 0 aliphatic carbocycles. The molecule has 1 aromatic carbocycles. The molecule has 24 heavy (non-hydrogen) atoms. The van der Waals surface area contributed by atoms with Crippen molar-refractivity contribution in [2.75, 3.05) is 32.8 Å². The van der Waals surface area contributed by atoms with E-state index in [0.29, 0.717) is 18.7 Å². The van der Waals surface area contributed by atoms with Crippen LogP contribution < -0.4 is 5.11 Å². The largest absolute Gasteiger partial charge is 0.863 e. The van der Waals surface area contributed by atoms with Crippen molar-refractivity contribution in [3.8, 4) is 5.75 Å². The summed E-state index contributed by atoms with van der Waals surface area (Å²) >= 11 is 0. The van der Waals surface area contributed by atoms with E-state index in [-0.39, 0.29) is 0 Å². The number of nitrogens with zero attached hydrogens (tertiary/aromatic N) is 4. The molecule has 132 valence electrons. The van der Waals surface area contributed by atoms with E-state index >= 15 is 0 Å². The van der Waals surface area contributed by atoms with Gasteiger partial charge in [0.15, 0.2) is 0 Å². The zero-order valence-corrected chi connectivity index (χ0v) is 12.8. The summed E-state index contributed by atoms with van der Waals surface area (Å²) < 4.78 is 1.16. The molecule has 1 aromatic rings. The molecular weight excluding hydrogens is 328 g/mol. The van der Waals surface area contributed by atoms with Crippen molar-refractivity contribution >= 4 is 17.1 Å². The minimum Gasteiger partial charge on any atom is -0.863 e. The van der Waals surface area contributed by atoms with Crippen molar-refractivity contribution in [1.82, 2.24) is 0 Å². The quantitative estimate of drug-likeness (QED) is 0.332. The molecule has 0 atom stereocenters. The second-order valence-corrected chi connectivity index (χ2v) is 5.14. The number of aliphatic hydroxyl groups is 1. The monoisotopic (exact) mass is 344 g/mol. The molecule has 0 aromatic heterocycles. The summed E-state index contributed by atoms with van der Waals surface area (Å²) in [7, 11) is 0. The maximum absolute atomic E-state index is 11.1. The smallest absolute Gasteiger partial charge is 0.283 e. The summed E-state index contributed by atoms with van der Waals surface area (Å²) in [5, 5.41) is 50.7. The van der Waals surface area contributed by atoms with Crippen molar-refractivity contribution in [3.63, 3.8) is 0 Å². The van der Waals surface area contributed by atoms with E-state index in [1.807, 2.05) is 0 Å². The lowest BCUT2D eigenvalue weighted by Crippen LogP contribution is -2.28. The number of aliphatic hydroxyl groups excluding tert-OH is 1. The van der Waals surface area contributed by atoms with Crippen molar-refractivity contribution in [3.05, 3.63) is 42.5 Å². The molecule has 0 spiro atoms. The van der Waals surface area contributed by atoms with Gasteiger partial charge in [0.05, 0.1) is 45.8 Å². The zero-order valence-electron chi connectivity index (χ0n) is 12.8. The highest BCUT2D eigenvalue weighted by Gasteiger charge is 2.38. The molecule has 1 N–H and O–H groups in total. The summed E-state index contributed by atoms with van der Waals surface area (Å²) in [6.07, 6.45) is 0. The molecule has 0 unspecified atom stereocenters. The van der Waals surface area contributed by atoms with E-state index in [2.05, 4.69) is 6.92 Å². The summed E-state index contributed by atoms with van der Waals surface area (Å²) in [5.41, 5.74) is -3.26. The highest BCUT2D eigenvalue weighted by Crippen LogP contribution is 2.36. The van der Waals surface area contributed by atoms with Gasteiger partial charge >= 0.3 is 0 Å². The van der Waals surface area contributed by atoms with Gasteiger partial charge in [0.25, 0.3) is 17.1 Å². The third-order valence-corrected chi connectivity index (χ3v) is 3.74. The van der Waals surface area contributed by atoms with Crippen LogP contribution in [0.15, 0.2) is 12.1 Å². The fraction of sp³-hybridized carbons (Fsp3) is 0.500. The topological polar surface area (TPSA) is 173 Å². The Labute approximate surface area is 135 Å². The Morgan fingerprint density at radius 1 is 1.04 bits per heavy atom. The lowest BCUT2D eigenvalue weighted by Gasteiger charge is -2.12. The van der Waals surface area contributed by atoms with Crippen LogP contribution in [0.25, 0.3) is 0 Å². The fourth-order valence-electron chi connectivity index (χ4n) is 2.01. The van der Waals surface area contributed by atoms with Crippen LogP contribution in [0, 0.1) is 30.3 Å². The van der Waals surface area contributed by atoms with Gasteiger partial charge in [-0.3, -0.25) is 30.3 Å². The van der Waals surface area contributed by atoms with Crippen LogP contribution >= 0.6 is 0 Å². The summed E-state index contributed by atoms with van der Waals surface area (Å²) in [6, 6.07) is 0.769. The first kappa shape index (κ1) is 19.2. The van der Waals surface area contributed by atoms with Crippen molar-refractivity contribution in [2.45, 2.75) is 6.92 Å². The molecule has 1 aliphatic rings. The number of benzene rings is 1. The molecule has 0 bridgehead atoms. The first-order chi connectivity index (χ1) is 11.2. The number of nitro groups is 3. The van der Waals surface area contributed by atoms with E-state index in [4.69, 9.17) is 5.11 Å². The van der Waals surface area contributed by atoms with Gasteiger partial charge in [0.1, 0.15) is 19.6 Å². The van der Waals surface area contributed by atoms with Gasteiger partial charge in [-0.1, -0.05) is 0 Å². The van der Waals surface area contributed by atoms with Crippen LogP contribution in [0.3, 0.4) is 0 Å². The minimum atomic E-state index is -1.46. The molecule has 0 amide bonds. The van der Waals surface area contributed by atoms with Gasteiger partial charge in [0, 0.05) is 0 Å². The molecule has 2 rings (SSSR count). The van der Waals surface area contributed by atoms with Crippen molar-refractivity contribution in [2.24, 2.45) is 0 Å². The number of nitro benzene ring substituents is 3. The standard InChI is InChI=1S/C6H3N3O7.C6H14NO/c10-6-4(8(13)14)1-3(7(11)12)2-5(6)9(15)16;1-2-7(3-4-7)5-6-8/h1-2,10H;8H,2-6H2,1H3/q;+1/p-1.